The van der Waals surface area contributed by atoms with Crippen molar-refractivity contribution in [2.75, 3.05) is 19.8 Å². The Hall–Kier alpha value is -1.95. The number of nitrogens with zero attached hydrogens (tertiary/aromatic N) is 1. The molecule has 0 N–H and O–H groups in total. The van der Waals surface area contributed by atoms with Gasteiger partial charge >= 0.3 is 5.97 Å². The van der Waals surface area contributed by atoms with Gasteiger partial charge in [-0.15, -0.1) is 0 Å². The molecule has 1 aromatic carbocycles. The fourth-order valence-electron chi connectivity index (χ4n) is 2.53. The van der Waals surface area contributed by atoms with Crippen LogP contribution in [0.3, 0.4) is 0 Å². The summed E-state index contributed by atoms with van der Waals surface area (Å²) in [6.07, 6.45) is 1.98. The van der Waals surface area contributed by atoms with Crippen molar-refractivity contribution in [3.8, 4) is 0 Å². The van der Waals surface area contributed by atoms with Crippen molar-refractivity contribution < 1.29 is 23.5 Å². The monoisotopic (exact) mass is 323 g/mol. The molecule has 1 unspecified atom stereocenters. The van der Waals surface area contributed by atoms with Crippen LogP contribution in [0.2, 0.25) is 0 Å². The first-order valence-electron chi connectivity index (χ1n) is 7.88. The second-order valence-corrected chi connectivity index (χ2v) is 5.52. The van der Waals surface area contributed by atoms with E-state index in [0.717, 1.165) is 18.4 Å². The van der Waals surface area contributed by atoms with Gasteiger partial charge < -0.3 is 14.4 Å². The van der Waals surface area contributed by atoms with Gasteiger partial charge in [-0.25, -0.2) is 4.39 Å². The van der Waals surface area contributed by atoms with Crippen LogP contribution in [-0.4, -0.2) is 42.6 Å². The molecule has 1 heterocycles. The first-order valence-corrected chi connectivity index (χ1v) is 7.88. The predicted octanol–water partition coefficient (Wildman–Crippen LogP) is 2.29. The van der Waals surface area contributed by atoms with Gasteiger partial charge in [0, 0.05) is 13.2 Å². The maximum absolute atomic E-state index is 13.0. The molecule has 2 rings (SSSR count). The lowest BCUT2D eigenvalue weighted by atomic mass is 10.1. The van der Waals surface area contributed by atoms with Gasteiger partial charge in [0.1, 0.15) is 12.4 Å². The number of esters is 1. The molecule has 5 nitrogen and oxygen atoms in total. The van der Waals surface area contributed by atoms with Gasteiger partial charge in [0.25, 0.3) is 0 Å². The molecule has 23 heavy (non-hydrogen) atoms. The SMILES string of the molecule is CCOC(=O)CN(Cc1ccc(F)cc1)C(=O)CC1CCCO1. The van der Waals surface area contributed by atoms with Crippen LogP contribution in [0.5, 0.6) is 0 Å². The topological polar surface area (TPSA) is 55.8 Å². The number of hydrogen-bond donors (Lipinski definition) is 0. The van der Waals surface area contributed by atoms with Crippen molar-refractivity contribution in [3.63, 3.8) is 0 Å². The summed E-state index contributed by atoms with van der Waals surface area (Å²) >= 11 is 0. The smallest absolute Gasteiger partial charge is 0.325 e. The molecule has 126 valence electrons. The molecule has 0 spiro atoms. The summed E-state index contributed by atoms with van der Waals surface area (Å²) in [4.78, 5) is 25.6. The molecule has 1 fully saturated rings. The lowest BCUT2D eigenvalue weighted by molar-refractivity contribution is -0.150. The molecule has 1 amide bonds. The molecule has 0 aromatic heterocycles. The number of benzene rings is 1. The van der Waals surface area contributed by atoms with Crippen molar-refractivity contribution in [3.05, 3.63) is 35.6 Å². The third kappa shape index (κ3) is 5.63. The number of carbonyl (C=O) groups excluding carboxylic acids is 2. The number of carbonyl (C=O) groups is 2. The molecule has 1 atom stereocenters. The summed E-state index contributed by atoms with van der Waals surface area (Å²) in [5, 5.41) is 0. The molecule has 1 aliphatic rings. The molecule has 6 heteroatoms. The Morgan fingerprint density at radius 1 is 1.35 bits per heavy atom. The average molecular weight is 323 g/mol. The zero-order valence-electron chi connectivity index (χ0n) is 13.3. The van der Waals surface area contributed by atoms with Gasteiger partial charge in [-0.1, -0.05) is 12.1 Å². The molecular weight excluding hydrogens is 301 g/mol. The fourth-order valence-corrected chi connectivity index (χ4v) is 2.53. The molecule has 0 bridgehead atoms. The highest BCUT2D eigenvalue weighted by Gasteiger charge is 2.24. The number of ether oxygens (including phenoxy) is 2. The predicted molar refractivity (Wildman–Crippen MR) is 82.0 cm³/mol. The van der Waals surface area contributed by atoms with Crippen molar-refractivity contribution in [1.29, 1.82) is 0 Å². The number of rotatable bonds is 7. The van der Waals surface area contributed by atoms with E-state index in [1.54, 1.807) is 19.1 Å². The van der Waals surface area contributed by atoms with Gasteiger partial charge in [0.05, 0.1) is 19.1 Å². The fraction of sp³-hybridized carbons (Fsp3) is 0.529. The number of halogens is 1. The van der Waals surface area contributed by atoms with Crippen molar-refractivity contribution in [2.24, 2.45) is 0 Å². The van der Waals surface area contributed by atoms with E-state index in [0.29, 0.717) is 6.61 Å². The zero-order chi connectivity index (χ0) is 16.7. The second kappa shape index (κ2) is 8.62. The molecular formula is C17H22FNO4. The van der Waals surface area contributed by atoms with Crippen molar-refractivity contribution in [1.82, 2.24) is 4.90 Å². The number of hydrogen-bond acceptors (Lipinski definition) is 4. The summed E-state index contributed by atoms with van der Waals surface area (Å²) in [5.41, 5.74) is 0.761. The van der Waals surface area contributed by atoms with Gasteiger partial charge in [-0.2, -0.15) is 0 Å². The summed E-state index contributed by atoms with van der Waals surface area (Å²) < 4.78 is 23.4. The van der Waals surface area contributed by atoms with E-state index in [2.05, 4.69) is 0 Å². The van der Waals surface area contributed by atoms with E-state index < -0.39 is 5.97 Å². The van der Waals surface area contributed by atoms with Gasteiger partial charge in [-0.3, -0.25) is 9.59 Å². The standard InChI is InChI=1S/C17H22FNO4/c1-2-22-17(21)12-19(11-13-5-7-14(18)8-6-13)16(20)10-15-4-3-9-23-15/h5-8,15H,2-4,9-12H2,1H3. The molecule has 0 radical (unpaired) electrons. The lowest BCUT2D eigenvalue weighted by Crippen LogP contribution is -2.37. The normalized spacial score (nSPS) is 17.0. The highest BCUT2D eigenvalue weighted by atomic mass is 19.1. The number of amides is 1. The first-order chi connectivity index (χ1) is 11.1. The molecule has 1 aromatic rings. The minimum atomic E-state index is -0.449. The van der Waals surface area contributed by atoms with E-state index in [1.807, 2.05) is 0 Å². The molecule has 0 aliphatic carbocycles. The van der Waals surface area contributed by atoms with Crippen LogP contribution in [0, 0.1) is 5.82 Å². The van der Waals surface area contributed by atoms with E-state index >= 15 is 0 Å². The average Bonchev–Trinajstić information content (AvgIpc) is 3.02. The van der Waals surface area contributed by atoms with Gasteiger partial charge in [0.2, 0.25) is 5.91 Å². The third-order valence-electron chi connectivity index (χ3n) is 3.69. The van der Waals surface area contributed by atoms with Crippen molar-refractivity contribution >= 4 is 11.9 Å². The van der Waals surface area contributed by atoms with Crippen LogP contribution in [0.4, 0.5) is 4.39 Å². The quantitative estimate of drug-likeness (QED) is 0.723. The highest BCUT2D eigenvalue weighted by Crippen LogP contribution is 2.17. The lowest BCUT2D eigenvalue weighted by Gasteiger charge is -2.23. The molecule has 1 saturated heterocycles. The highest BCUT2D eigenvalue weighted by molar-refractivity contribution is 5.82. The van der Waals surface area contributed by atoms with Crippen LogP contribution in [-0.2, 0) is 25.6 Å². The van der Waals surface area contributed by atoms with Crippen molar-refractivity contribution in [2.45, 2.75) is 38.8 Å². The van der Waals surface area contributed by atoms with Crippen LogP contribution in [0.25, 0.3) is 0 Å². The van der Waals surface area contributed by atoms with E-state index in [9.17, 15) is 14.0 Å². The Bertz CT molecular complexity index is 526. The Kier molecular flexibility index (Phi) is 6.52. The summed E-state index contributed by atoms with van der Waals surface area (Å²) in [7, 11) is 0. The summed E-state index contributed by atoms with van der Waals surface area (Å²) in [6, 6.07) is 5.88. The van der Waals surface area contributed by atoms with Crippen LogP contribution in [0.15, 0.2) is 24.3 Å². The first kappa shape index (κ1) is 17.4. The largest absolute Gasteiger partial charge is 0.465 e. The minimum Gasteiger partial charge on any atom is -0.465 e. The van der Waals surface area contributed by atoms with E-state index in [-0.39, 0.29) is 43.9 Å². The second-order valence-electron chi connectivity index (χ2n) is 5.52. The van der Waals surface area contributed by atoms with Crippen LogP contribution < -0.4 is 0 Å². The molecule has 1 aliphatic heterocycles. The van der Waals surface area contributed by atoms with Crippen LogP contribution in [0.1, 0.15) is 31.7 Å². The maximum Gasteiger partial charge on any atom is 0.325 e. The maximum atomic E-state index is 13.0. The Balaban J connectivity index is 2.01. The van der Waals surface area contributed by atoms with Gasteiger partial charge in [-0.05, 0) is 37.5 Å². The Morgan fingerprint density at radius 2 is 2.09 bits per heavy atom. The summed E-state index contributed by atoms with van der Waals surface area (Å²) in [6.45, 7) is 2.79. The van der Waals surface area contributed by atoms with E-state index in [1.165, 1.54) is 17.0 Å². The Morgan fingerprint density at radius 3 is 2.70 bits per heavy atom. The zero-order valence-corrected chi connectivity index (χ0v) is 13.3. The van der Waals surface area contributed by atoms with Crippen LogP contribution >= 0.6 is 0 Å². The molecule has 0 saturated carbocycles. The minimum absolute atomic E-state index is 0.0830. The van der Waals surface area contributed by atoms with Gasteiger partial charge in [0.15, 0.2) is 0 Å². The summed E-state index contributed by atoms with van der Waals surface area (Å²) in [5.74, 6) is -0.944. The third-order valence-corrected chi connectivity index (χ3v) is 3.69. The van der Waals surface area contributed by atoms with E-state index in [4.69, 9.17) is 9.47 Å². The Labute approximate surface area is 135 Å².